The lowest BCUT2D eigenvalue weighted by atomic mass is 9.67. The van der Waals surface area contributed by atoms with Crippen molar-refractivity contribution in [3.63, 3.8) is 0 Å². The van der Waals surface area contributed by atoms with Gasteiger partial charge in [0.15, 0.2) is 0 Å². The second-order valence-electron chi connectivity index (χ2n) is 10.3. The van der Waals surface area contributed by atoms with E-state index in [1.165, 1.54) is 66.4 Å². The number of aryl methyl sites for hydroxylation is 2. The van der Waals surface area contributed by atoms with Gasteiger partial charge in [0.25, 0.3) is 0 Å². The number of rotatable bonds is 3. The summed E-state index contributed by atoms with van der Waals surface area (Å²) in [4.78, 5) is 0. The topological polar surface area (TPSA) is 0 Å². The summed E-state index contributed by atoms with van der Waals surface area (Å²) in [5.41, 5.74) is 12.7. The number of fused-ring (bicyclic) bond motifs is 4. The molecular formula is C38H32. The van der Waals surface area contributed by atoms with Gasteiger partial charge in [-0.05, 0) is 75.2 Å². The van der Waals surface area contributed by atoms with Gasteiger partial charge in [-0.2, -0.15) is 0 Å². The Hall–Kier alpha value is -4.42. The minimum absolute atomic E-state index is 0. The Morgan fingerprint density at radius 1 is 0.447 bits per heavy atom. The first kappa shape index (κ1) is 23.9. The smallest absolute Gasteiger partial charge is 0.0713 e. The highest BCUT2D eigenvalue weighted by atomic mass is 14.5. The standard InChI is InChI=1S/C37H28.CH4/c1-25-14-20-30(21-15-25)37(31-22-16-26(2)17-23-31)34-12-6-5-10-33(34)36-32(11-7-13-35(36)37)29-19-18-27-8-3-4-9-28(27)24-29;/h3-24H,1-2H3;1H4. The van der Waals surface area contributed by atoms with Crippen LogP contribution in [0.15, 0.2) is 133 Å². The van der Waals surface area contributed by atoms with Crippen molar-refractivity contribution in [1.82, 2.24) is 0 Å². The highest BCUT2D eigenvalue weighted by molar-refractivity contribution is 5.97. The van der Waals surface area contributed by atoms with Crippen molar-refractivity contribution in [2.24, 2.45) is 0 Å². The molecule has 0 saturated heterocycles. The molecule has 0 amide bonds. The quantitative estimate of drug-likeness (QED) is 0.232. The molecule has 7 rings (SSSR count). The van der Waals surface area contributed by atoms with E-state index in [0.29, 0.717) is 0 Å². The molecule has 6 aromatic carbocycles. The maximum atomic E-state index is 2.35. The number of benzene rings is 6. The van der Waals surface area contributed by atoms with Crippen LogP contribution in [-0.2, 0) is 5.41 Å². The molecule has 184 valence electrons. The van der Waals surface area contributed by atoms with Crippen LogP contribution in [-0.4, -0.2) is 0 Å². The summed E-state index contributed by atoms with van der Waals surface area (Å²) in [5.74, 6) is 0. The molecule has 38 heavy (non-hydrogen) atoms. The largest absolute Gasteiger partial charge is 0.0776 e. The molecule has 6 aromatic rings. The van der Waals surface area contributed by atoms with Gasteiger partial charge in [-0.25, -0.2) is 0 Å². The van der Waals surface area contributed by atoms with E-state index in [9.17, 15) is 0 Å². The highest BCUT2D eigenvalue weighted by Crippen LogP contribution is 2.58. The fourth-order valence-corrected chi connectivity index (χ4v) is 6.32. The lowest BCUT2D eigenvalue weighted by molar-refractivity contribution is 0.767. The fourth-order valence-electron chi connectivity index (χ4n) is 6.32. The third-order valence-electron chi connectivity index (χ3n) is 8.10. The molecule has 0 atom stereocenters. The molecule has 0 heterocycles. The first-order chi connectivity index (χ1) is 18.2. The summed E-state index contributed by atoms with van der Waals surface area (Å²) in [6.45, 7) is 4.33. The normalized spacial score (nSPS) is 13.0. The van der Waals surface area contributed by atoms with Gasteiger partial charge in [-0.3, -0.25) is 0 Å². The van der Waals surface area contributed by atoms with Crippen LogP contribution in [0.2, 0.25) is 0 Å². The zero-order valence-corrected chi connectivity index (χ0v) is 21.2. The van der Waals surface area contributed by atoms with Crippen molar-refractivity contribution < 1.29 is 0 Å². The predicted molar refractivity (Wildman–Crippen MR) is 163 cm³/mol. The molecule has 0 N–H and O–H groups in total. The molecule has 0 saturated carbocycles. The molecule has 0 radical (unpaired) electrons. The molecule has 0 spiro atoms. The van der Waals surface area contributed by atoms with Gasteiger partial charge in [0.05, 0.1) is 5.41 Å². The third kappa shape index (κ3) is 3.45. The van der Waals surface area contributed by atoms with Crippen LogP contribution in [0.25, 0.3) is 33.0 Å². The van der Waals surface area contributed by atoms with Crippen LogP contribution in [0, 0.1) is 13.8 Å². The zero-order chi connectivity index (χ0) is 25.0. The van der Waals surface area contributed by atoms with E-state index in [1.54, 1.807) is 0 Å². The van der Waals surface area contributed by atoms with Gasteiger partial charge in [0, 0.05) is 0 Å². The van der Waals surface area contributed by atoms with E-state index in [-0.39, 0.29) is 12.8 Å². The molecule has 0 heteroatoms. The first-order valence-electron chi connectivity index (χ1n) is 13.0. The average Bonchev–Trinajstić information content (AvgIpc) is 3.25. The van der Waals surface area contributed by atoms with Crippen LogP contribution < -0.4 is 0 Å². The third-order valence-corrected chi connectivity index (χ3v) is 8.10. The van der Waals surface area contributed by atoms with Crippen LogP contribution in [0.4, 0.5) is 0 Å². The van der Waals surface area contributed by atoms with Crippen LogP contribution in [0.5, 0.6) is 0 Å². The van der Waals surface area contributed by atoms with E-state index in [2.05, 4.69) is 147 Å². The van der Waals surface area contributed by atoms with Crippen LogP contribution >= 0.6 is 0 Å². The van der Waals surface area contributed by atoms with Crippen molar-refractivity contribution in [3.05, 3.63) is 167 Å². The molecule has 0 fully saturated rings. The van der Waals surface area contributed by atoms with Crippen molar-refractivity contribution in [2.75, 3.05) is 0 Å². The Morgan fingerprint density at radius 3 is 1.68 bits per heavy atom. The monoisotopic (exact) mass is 488 g/mol. The minimum atomic E-state index is -0.375. The van der Waals surface area contributed by atoms with E-state index in [4.69, 9.17) is 0 Å². The second kappa shape index (κ2) is 9.15. The van der Waals surface area contributed by atoms with Crippen LogP contribution in [0.3, 0.4) is 0 Å². The summed E-state index contributed by atoms with van der Waals surface area (Å²) < 4.78 is 0. The molecular weight excluding hydrogens is 456 g/mol. The molecule has 1 aliphatic rings. The molecule has 0 unspecified atom stereocenters. The summed E-state index contributed by atoms with van der Waals surface area (Å²) in [5, 5.41) is 2.54. The van der Waals surface area contributed by atoms with Crippen molar-refractivity contribution in [1.29, 1.82) is 0 Å². The lowest BCUT2D eigenvalue weighted by Crippen LogP contribution is -2.28. The van der Waals surface area contributed by atoms with Crippen molar-refractivity contribution in [2.45, 2.75) is 26.7 Å². The summed E-state index contributed by atoms with van der Waals surface area (Å²) >= 11 is 0. The zero-order valence-electron chi connectivity index (χ0n) is 21.2. The molecule has 1 aliphatic carbocycles. The Bertz CT molecular complexity index is 1720. The Labute approximate surface area is 226 Å². The van der Waals surface area contributed by atoms with Crippen LogP contribution in [0.1, 0.15) is 40.8 Å². The first-order valence-corrected chi connectivity index (χ1v) is 13.0. The number of hydrogen-bond donors (Lipinski definition) is 0. The highest BCUT2D eigenvalue weighted by Gasteiger charge is 2.46. The van der Waals surface area contributed by atoms with Gasteiger partial charge in [0.2, 0.25) is 0 Å². The predicted octanol–water partition coefficient (Wildman–Crippen LogP) is 10.1. The van der Waals surface area contributed by atoms with E-state index >= 15 is 0 Å². The second-order valence-corrected chi connectivity index (χ2v) is 10.3. The summed E-state index contributed by atoms with van der Waals surface area (Å²) in [7, 11) is 0. The van der Waals surface area contributed by atoms with E-state index in [1.807, 2.05) is 0 Å². The summed E-state index contributed by atoms with van der Waals surface area (Å²) in [6, 6.07) is 49.7. The maximum absolute atomic E-state index is 2.35. The molecule has 0 aromatic heterocycles. The average molecular weight is 489 g/mol. The van der Waals surface area contributed by atoms with Gasteiger partial charge >= 0.3 is 0 Å². The Balaban J connectivity index is 0.00000264. The fraction of sp³-hybridized carbons (Fsp3) is 0.105. The Kier molecular flexibility index (Phi) is 5.77. The molecule has 0 aliphatic heterocycles. The Morgan fingerprint density at radius 2 is 1.00 bits per heavy atom. The lowest BCUT2D eigenvalue weighted by Gasteiger charge is -2.34. The van der Waals surface area contributed by atoms with Crippen molar-refractivity contribution >= 4 is 10.8 Å². The van der Waals surface area contributed by atoms with Gasteiger partial charge in [-0.15, -0.1) is 0 Å². The van der Waals surface area contributed by atoms with Gasteiger partial charge < -0.3 is 0 Å². The number of hydrogen-bond acceptors (Lipinski definition) is 0. The minimum Gasteiger partial charge on any atom is -0.0776 e. The SMILES string of the molecule is C.Cc1ccc(C2(c3ccc(C)cc3)c3ccccc3-c3c(-c4ccc5ccccc5c4)cccc32)cc1. The molecule has 0 nitrogen and oxygen atoms in total. The van der Waals surface area contributed by atoms with Gasteiger partial charge in [0.1, 0.15) is 0 Å². The van der Waals surface area contributed by atoms with E-state index in [0.717, 1.165) is 0 Å². The van der Waals surface area contributed by atoms with E-state index < -0.39 is 0 Å². The maximum Gasteiger partial charge on any atom is 0.0713 e. The molecule has 0 bridgehead atoms. The van der Waals surface area contributed by atoms with Crippen molar-refractivity contribution in [3.8, 4) is 22.3 Å². The van der Waals surface area contributed by atoms with Gasteiger partial charge in [-0.1, -0.05) is 146 Å². The summed E-state index contributed by atoms with van der Waals surface area (Å²) in [6.07, 6.45) is 0.